The Bertz CT molecular complexity index is 867. The van der Waals surface area contributed by atoms with Crippen LogP contribution in [0.1, 0.15) is 38.5 Å². The fourth-order valence-electron chi connectivity index (χ4n) is 6.89. The highest BCUT2D eigenvalue weighted by Crippen LogP contribution is 2.60. The van der Waals surface area contributed by atoms with E-state index in [1.807, 2.05) is 16.8 Å². The van der Waals surface area contributed by atoms with E-state index in [-0.39, 0.29) is 5.41 Å². The summed E-state index contributed by atoms with van der Waals surface area (Å²) in [4.78, 5) is 30.9. The molecule has 7 nitrogen and oxygen atoms in total. The highest BCUT2D eigenvalue weighted by atomic mass is 16.2. The van der Waals surface area contributed by atoms with Gasteiger partial charge in [0, 0.05) is 44.6 Å². The van der Waals surface area contributed by atoms with Crippen LogP contribution in [0.25, 0.3) is 5.82 Å². The van der Waals surface area contributed by atoms with Crippen LogP contribution in [0.3, 0.4) is 0 Å². The van der Waals surface area contributed by atoms with E-state index in [1.165, 1.54) is 19.3 Å². The minimum atomic E-state index is -0.0274. The lowest BCUT2D eigenvalue weighted by molar-refractivity contribution is -0.158. The normalized spacial score (nSPS) is 33.3. The molecule has 0 atom stereocenters. The van der Waals surface area contributed by atoms with E-state index in [2.05, 4.69) is 24.8 Å². The fraction of sp³-hybridized carbons (Fsp3) is 0.636. The Morgan fingerprint density at radius 1 is 0.931 bits per heavy atom. The van der Waals surface area contributed by atoms with Gasteiger partial charge in [0.05, 0.1) is 5.41 Å². The summed E-state index contributed by atoms with van der Waals surface area (Å²) in [5, 5.41) is 0. The minimum Gasteiger partial charge on any atom is -0.353 e. The Morgan fingerprint density at radius 2 is 1.59 bits per heavy atom. The van der Waals surface area contributed by atoms with Gasteiger partial charge in [-0.2, -0.15) is 0 Å². The summed E-state index contributed by atoms with van der Waals surface area (Å²) >= 11 is 0. The first kappa shape index (κ1) is 17.4. The number of hydrogen-bond donors (Lipinski definition) is 0. The van der Waals surface area contributed by atoms with Gasteiger partial charge in [-0.25, -0.2) is 15.0 Å². The maximum Gasteiger partial charge on any atom is 0.228 e. The van der Waals surface area contributed by atoms with Crippen molar-refractivity contribution < 1.29 is 4.79 Å². The van der Waals surface area contributed by atoms with Crippen molar-refractivity contribution in [1.82, 2.24) is 24.4 Å². The van der Waals surface area contributed by atoms with Gasteiger partial charge in [0.15, 0.2) is 0 Å². The summed E-state index contributed by atoms with van der Waals surface area (Å²) in [6, 6.07) is 2.00. The molecule has 0 aromatic carbocycles. The third-order valence-corrected chi connectivity index (χ3v) is 7.79. The number of imidazole rings is 1. The van der Waals surface area contributed by atoms with Crippen molar-refractivity contribution in [1.29, 1.82) is 0 Å². The standard InChI is InChI=1S/C22H28N6O/c29-21(22-11-16-7-17(12-22)9-18(8-16)13-22)27-5-3-26(4-6-27)19-10-20(25-14-24-19)28-2-1-23-15-28/h1-2,10,14-18H,3-9,11-13H2. The number of amides is 1. The number of piperazine rings is 1. The highest BCUT2D eigenvalue weighted by molar-refractivity contribution is 5.83. The van der Waals surface area contributed by atoms with Gasteiger partial charge < -0.3 is 9.80 Å². The van der Waals surface area contributed by atoms with Crippen LogP contribution in [0.15, 0.2) is 31.1 Å². The second-order valence-electron chi connectivity index (χ2n) is 9.68. The van der Waals surface area contributed by atoms with E-state index >= 15 is 0 Å². The van der Waals surface area contributed by atoms with Gasteiger partial charge in [-0.1, -0.05) is 0 Å². The first-order valence-electron chi connectivity index (χ1n) is 11.0. The van der Waals surface area contributed by atoms with Crippen LogP contribution >= 0.6 is 0 Å². The molecule has 5 aliphatic rings. The number of carbonyl (C=O) groups is 1. The zero-order valence-corrected chi connectivity index (χ0v) is 16.8. The van der Waals surface area contributed by atoms with Crippen LogP contribution in [0.4, 0.5) is 5.82 Å². The first-order valence-corrected chi connectivity index (χ1v) is 11.0. The average Bonchev–Trinajstić information content (AvgIpc) is 3.28. The topological polar surface area (TPSA) is 67.2 Å². The van der Waals surface area contributed by atoms with Gasteiger partial charge >= 0.3 is 0 Å². The van der Waals surface area contributed by atoms with Crippen molar-refractivity contribution in [2.45, 2.75) is 38.5 Å². The molecule has 1 aliphatic heterocycles. The lowest BCUT2D eigenvalue weighted by Gasteiger charge is -2.57. The molecule has 0 radical (unpaired) electrons. The number of carbonyl (C=O) groups excluding carboxylic acids is 1. The smallest absolute Gasteiger partial charge is 0.228 e. The number of hydrogen-bond acceptors (Lipinski definition) is 5. The maximum absolute atomic E-state index is 13.6. The SMILES string of the molecule is O=C(N1CCN(c2cc(-n3ccnc3)ncn2)CC1)C12CC3CC(CC(C3)C1)C2. The maximum atomic E-state index is 13.6. The van der Waals surface area contributed by atoms with Crippen LogP contribution in [0, 0.1) is 23.2 Å². The highest BCUT2D eigenvalue weighted by Gasteiger charge is 2.55. The Hall–Kier alpha value is -2.44. The molecule has 1 amide bonds. The molecule has 5 fully saturated rings. The largest absolute Gasteiger partial charge is 0.353 e. The Kier molecular flexibility index (Phi) is 3.93. The molecule has 29 heavy (non-hydrogen) atoms. The molecule has 0 unspecified atom stereocenters. The third kappa shape index (κ3) is 2.93. The van der Waals surface area contributed by atoms with Gasteiger partial charge in [0.25, 0.3) is 0 Å². The average molecular weight is 393 g/mol. The van der Waals surface area contributed by atoms with Crippen LogP contribution < -0.4 is 4.90 Å². The number of anilines is 1. The summed E-state index contributed by atoms with van der Waals surface area (Å²) in [7, 11) is 0. The monoisotopic (exact) mass is 392 g/mol. The zero-order valence-electron chi connectivity index (χ0n) is 16.8. The molecule has 0 spiro atoms. The van der Waals surface area contributed by atoms with E-state index in [1.54, 1.807) is 18.9 Å². The zero-order chi connectivity index (χ0) is 19.4. The molecule has 4 saturated carbocycles. The van der Waals surface area contributed by atoms with Gasteiger partial charge in [0.2, 0.25) is 5.91 Å². The van der Waals surface area contributed by atoms with Crippen molar-refractivity contribution in [3.05, 3.63) is 31.1 Å². The molecule has 0 N–H and O–H groups in total. The first-order chi connectivity index (χ1) is 14.2. The van der Waals surface area contributed by atoms with E-state index < -0.39 is 0 Å². The Morgan fingerprint density at radius 3 is 2.21 bits per heavy atom. The molecule has 7 rings (SSSR count). The van der Waals surface area contributed by atoms with Crippen molar-refractivity contribution in [2.75, 3.05) is 31.1 Å². The lowest BCUT2D eigenvalue weighted by Crippen LogP contribution is -2.58. The molecule has 3 heterocycles. The molecule has 4 aliphatic carbocycles. The molecule has 7 heteroatoms. The van der Waals surface area contributed by atoms with Crippen molar-refractivity contribution in [2.24, 2.45) is 23.2 Å². The summed E-state index contributed by atoms with van der Waals surface area (Å²) in [5.74, 6) is 4.64. The second kappa shape index (κ2) is 6.54. The van der Waals surface area contributed by atoms with Crippen molar-refractivity contribution in [3.8, 4) is 5.82 Å². The summed E-state index contributed by atoms with van der Waals surface area (Å²) in [6.07, 6.45) is 14.6. The second-order valence-corrected chi connectivity index (χ2v) is 9.68. The van der Waals surface area contributed by atoms with Crippen molar-refractivity contribution >= 4 is 11.7 Å². The molecule has 2 aromatic heterocycles. The summed E-state index contributed by atoms with van der Waals surface area (Å²) < 4.78 is 1.89. The van der Waals surface area contributed by atoms with Gasteiger partial charge in [-0.3, -0.25) is 9.36 Å². The molecule has 4 bridgehead atoms. The fourth-order valence-corrected chi connectivity index (χ4v) is 6.89. The molecular weight excluding hydrogens is 364 g/mol. The molecule has 152 valence electrons. The van der Waals surface area contributed by atoms with E-state index in [0.29, 0.717) is 5.91 Å². The quantitative estimate of drug-likeness (QED) is 0.803. The Balaban J connectivity index is 1.14. The molecule has 1 saturated heterocycles. The predicted octanol–water partition coefficient (Wildman–Crippen LogP) is 2.53. The molecule has 2 aromatic rings. The van der Waals surface area contributed by atoms with Gasteiger partial charge in [0.1, 0.15) is 24.3 Å². The van der Waals surface area contributed by atoms with Gasteiger partial charge in [-0.05, 0) is 56.3 Å². The number of nitrogens with zero attached hydrogens (tertiary/aromatic N) is 6. The Labute approximate surface area is 171 Å². The minimum absolute atomic E-state index is 0.0274. The van der Waals surface area contributed by atoms with E-state index in [9.17, 15) is 4.79 Å². The molecular formula is C22H28N6O. The predicted molar refractivity (Wildman–Crippen MR) is 109 cm³/mol. The van der Waals surface area contributed by atoms with Gasteiger partial charge in [-0.15, -0.1) is 0 Å². The van der Waals surface area contributed by atoms with E-state index in [0.717, 1.165) is 74.8 Å². The summed E-state index contributed by atoms with van der Waals surface area (Å²) in [6.45, 7) is 3.26. The summed E-state index contributed by atoms with van der Waals surface area (Å²) in [5.41, 5.74) is -0.0274. The van der Waals surface area contributed by atoms with E-state index in [4.69, 9.17) is 0 Å². The number of rotatable bonds is 3. The van der Waals surface area contributed by atoms with Crippen LogP contribution in [0.5, 0.6) is 0 Å². The van der Waals surface area contributed by atoms with Crippen LogP contribution in [0.2, 0.25) is 0 Å². The lowest BCUT2D eigenvalue weighted by atomic mass is 9.49. The van der Waals surface area contributed by atoms with Crippen LogP contribution in [-0.2, 0) is 4.79 Å². The number of aromatic nitrogens is 4. The third-order valence-electron chi connectivity index (χ3n) is 7.79. The van der Waals surface area contributed by atoms with Crippen molar-refractivity contribution in [3.63, 3.8) is 0 Å². The van der Waals surface area contributed by atoms with Crippen LogP contribution in [-0.4, -0.2) is 56.5 Å².